The van der Waals surface area contributed by atoms with Gasteiger partial charge in [0.2, 0.25) is 5.91 Å². The van der Waals surface area contributed by atoms with Crippen LogP contribution in [0.4, 0.5) is 4.39 Å². The molecule has 36 heavy (non-hydrogen) atoms. The summed E-state index contributed by atoms with van der Waals surface area (Å²) < 4.78 is 17.0. The van der Waals surface area contributed by atoms with E-state index in [-0.39, 0.29) is 29.6 Å². The number of rotatable bonds is 9. The van der Waals surface area contributed by atoms with E-state index in [1.54, 1.807) is 28.8 Å². The number of alkyl halides is 1. The lowest BCUT2D eigenvalue weighted by Crippen LogP contribution is -2.35. The molecule has 1 N–H and O–H groups in total. The number of aromatic nitrogens is 2. The molecule has 1 saturated carbocycles. The Kier molecular flexibility index (Phi) is 8.18. The van der Waals surface area contributed by atoms with E-state index in [1.165, 1.54) is 0 Å². The molecule has 1 aliphatic carbocycles. The Morgan fingerprint density at radius 3 is 2.33 bits per heavy atom. The van der Waals surface area contributed by atoms with Crippen LogP contribution < -0.4 is 5.69 Å². The van der Waals surface area contributed by atoms with Crippen LogP contribution in [0.3, 0.4) is 0 Å². The Balaban J connectivity index is 1.69. The number of aromatic carboxylic acids is 1. The number of benzene rings is 2. The molecule has 0 aliphatic heterocycles. The lowest BCUT2D eigenvalue weighted by atomic mass is 9.88. The van der Waals surface area contributed by atoms with Gasteiger partial charge in [0, 0.05) is 11.6 Å². The summed E-state index contributed by atoms with van der Waals surface area (Å²) in [7, 11) is 0. The maximum absolute atomic E-state index is 14.3. The van der Waals surface area contributed by atoms with Gasteiger partial charge >= 0.3 is 11.7 Å². The third-order valence-corrected chi connectivity index (χ3v) is 7.18. The van der Waals surface area contributed by atoms with Crippen molar-refractivity contribution in [1.29, 1.82) is 0 Å². The maximum atomic E-state index is 14.3. The SMILES string of the molecule is CCCCc1c(CF)n(C(=O)C2CCCCC2)c(=O)n1Cc1ccc(-c2ccccc2C(=O)O)cc1. The predicted molar refractivity (Wildman–Crippen MR) is 137 cm³/mol. The first kappa shape index (κ1) is 25.6. The molecule has 6 nitrogen and oxygen atoms in total. The summed E-state index contributed by atoms with van der Waals surface area (Å²) in [5, 5.41) is 9.50. The summed E-state index contributed by atoms with van der Waals surface area (Å²) in [5.74, 6) is -1.50. The standard InChI is InChI=1S/C29H33FN2O4/c1-2-3-13-25-26(18-30)32(27(33)22-9-5-4-6-10-22)29(36)31(25)19-20-14-16-21(17-15-20)23-11-7-8-12-24(23)28(34)35/h7-8,11-12,14-17,22H,2-6,9-10,13,18-19H2,1H3,(H,34,35). The highest BCUT2D eigenvalue weighted by Gasteiger charge is 2.29. The fourth-order valence-electron chi connectivity index (χ4n) is 5.21. The molecule has 1 aliphatic rings. The summed E-state index contributed by atoms with van der Waals surface area (Å²) in [6.07, 6.45) is 6.69. The third kappa shape index (κ3) is 5.20. The van der Waals surface area contributed by atoms with Crippen LogP contribution in [0.1, 0.15) is 84.0 Å². The summed E-state index contributed by atoms with van der Waals surface area (Å²) >= 11 is 0. The fraction of sp³-hybridized carbons (Fsp3) is 0.414. The molecule has 4 rings (SSSR count). The van der Waals surface area contributed by atoms with Crippen molar-refractivity contribution in [2.24, 2.45) is 5.92 Å². The minimum atomic E-state index is -0.996. The van der Waals surface area contributed by atoms with E-state index in [0.717, 1.165) is 60.6 Å². The number of carbonyl (C=O) groups excluding carboxylic acids is 1. The van der Waals surface area contributed by atoms with Gasteiger partial charge in [0.25, 0.3) is 0 Å². The quantitative estimate of drug-likeness (QED) is 0.392. The molecule has 1 heterocycles. The molecular weight excluding hydrogens is 459 g/mol. The first-order chi connectivity index (χ1) is 17.5. The van der Waals surface area contributed by atoms with E-state index in [9.17, 15) is 23.9 Å². The van der Waals surface area contributed by atoms with Crippen LogP contribution in [0, 0.1) is 5.92 Å². The van der Waals surface area contributed by atoms with Gasteiger partial charge in [-0.3, -0.25) is 9.36 Å². The van der Waals surface area contributed by atoms with Crippen LogP contribution in [0.15, 0.2) is 53.3 Å². The molecule has 0 saturated heterocycles. The van der Waals surface area contributed by atoms with Crippen molar-refractivity contribution in [1.82, 2.24) is 9.13 Å². The van der Waals surface area contributed by atoms with Crippen LogP contribution in [-0.4, -0.2) is 26.1 Å². The van der Waals surface area contributed by atoms with Crippen LogP contribution in [0.2, 0.25) is 0 Å². The monoisotopic (exact) mass is 492 g/mol. The van der Waals surface area contributed by atoms with Gasteiger partial charge < -0.3 is 5.11 Å². The molecule has 1 fully saturated rings. The second kappa shape index (κ2) is 11.5. The Hall–Kier alpha value is -3.48. The Labute approximate surface area is 210 Å². The molecule has 1 aromatic heterocycles. The molecular formula is C29H33FN2O4. The fourth-order valence-corrected chi connectivity index (χ4v) is 5.21. The minimum Gasteiger partial charge on any atom is -0.478 e. The normalized spacial score (nSPS) is 14.2. The van der Waals surface area contributed by atoms with Gasteiger partial charge in [-0.15, -0.1) is 0 Å². The molecule has 0 amide bonds. The van der Waals surface area contributed by atoms with Crippen molar-refractivity contribution in [3.8, 4) is 11.1 Å². The second-order valence-corrected chi connectivity index (χ2v) is 9.56. The largest absolute Gasteiger partial charge is 0.478 e. The zero-order valence-electron chi connectivity index (χ0n) is 20.7. The van der Waals surface area contributed by atoms with Crippen molar-refractivity contribution in [2.45, 2.75) is 71.5 Å². The average molecular weight is 493 g/mol. The first-order valence-electron chi connectivity index (χ1n) is 12.8. The van der Waals surface area contributed by atoms with Gasteiger partial charge in [0.15, 0.2) is 0 Å². The molecule has 0 atom stereocenters. The van der Waals surface area contributed by atoms with Crippen LogP contribution in [-0.2, 0) is 19.6 Å². The van der Waals surface area contributed by atoms with Gasteiger partial charge in [-0.25, -0.2) is 18.5 Å². The number of carboxylic acids is 1. The van der Waals surface area contributed by atoms with E-state index >= 15 is 0 Å². The van der Waals surface area contributed by atoms with Crippen LogP contribution in [0.25, 0.3) is 11.1 Å². The van der Waals surface area contributed by atoms with Crippen molar-refractivity contribution < 1.29 is 19.1 Å². The van der Waals surface area contributed by atoms with Gasteiger partial charge in [-0.1, -0.05) is 75.1 Å². The smallest absolute Gasteiger partial charge is 0.336 e. The van der Waals surface area contributed by atoms with Gasteiger partial charge in [-0.05, 0) is 48.4 Å². The van der Waals surface area contributed by atoms with E-state index in [4.69, 9.17) is 0 Å². The molecule has 3 aromatic rings. The lowest BCUT2D eigenvalue weighted by Gasteiger charge is -2.20. The predicted octanol–water partition coefficient (Wildman–Crippen LogP) is 6.10. The molecule has 0 bridgehead atoms. The summed E-state index contributed by atoms with van der Waals surface area (Å²) in [4.78, 5) is 38.4. The average Bonchev–Trinajstić information content (AvgIpc) is 3.17. The number of hydrogen-bond acceptors (Lipinski definition) is 3. The highest BCUT2D eigenvalue weighted by molar-refractivity contribution is 5.96. The lowest BCUT2D eigenvalue weighted by molar-refractivity contribution is 0.0697. The number of carbonyl (C=O) groups is 2. The Morgan fingerprint density at radius 2 is 1.69 bits per heavy atom. The van der Waals surface area contributed by atoms with Crippen LogP contribution >= 0.6 is 0 Å². The van der Waals surface area contributed by atoms with Crippen molar-refractivity contribution in [2.75, 3.05) is 0 Å². The molecule has 190 valence electrons. The number of carboxylic acid groups (broad SMARTS) is 1. The number of imidazole rings is 1. The van der Waals surface area contributed by atoms with E-state index in [2.05, 4.69) is 0 Å². The highest BCUT2D eigenvalue weighted by Crippen LogP contribution is 2.27. The second-order valence-electron chi connectivity index (χ2n) is 9.56. The molecule has 7 heteroatoms. The molecule has 0 spiro atoms. The summed E-state index contributed by atoms with van der Waals surface area (Å²) in [6.45, 7) is 1.40. The Bertz CT molecular complexity index is 1280. The van der Waals surface area contributed by atoms with Crippen LogP contribution in [0.5, 0.6) is 0 Å². The van der Waals surface area contributed by atoms with E-state index < -0.39 is 18.3 Å². The zero-order chi connectivity index (χ0) is 25.7. The Morgan fingerprint density at radius 1 is 1.00 bits per heavy atom. The van der Waals surface area contributed by atoms with Crippen molar-refractivity contribution >= 4 is 11.9 Å². The van der Waals surface area contributed by atoms with E-state index in [1.807, 2.05) is 31.2 Å². The summed E-state index contributed by atoms with van der Waals surface area (Å²) in [5.41, 5.74) is 2.72. The van der Waals surface area contributed by atoms with Gasteiger partial charge in [-0.2, -0.15) is 0 Å². The molecule has 0 radical (unpaired) electrons. The highest BCUT2D eigenvalue weighted by atomic mass is 19.1. The number of hydrogen-bond donors (Lipinski definition) is 1. The number of unbranched alkanes of at least 4 members (excludes halogenated alkanes) is 1. The van der Waals surface area contributed by atoms with Crippen molar-refractivity contribution in [3.05, 3.63) is 81.5 Å². The third-order valence-electron chi connectivity index (χ3n) is 7.18. The van der Waals surface area contributed by atoms with E-state index in [0.29, 0.717) is 17.7 Å². The topological polar surface area (TPSA) is 81.3 Å². The molecule has 2 aromatic carbocycles. The number of halogens is 1. The molecule has 0 unspecified atom stereocenters. The summed E-state index contributed by atoms with van der Waals surface area (Å²) in [6, 6.07) is 14.2. The number of nitrogens with zero attached hydrogens (tertiary/aromatic N) is 2. The maximum Gasteiger partial charge on any atom is 0.336 e. The zero-order valence-corrected chi connectivity index (χ0v) is 20.7. The minimum absolute atomic E-state index is 0.191. The van der Waals surface area contributed by atoms with Crippen molar-refractivity contribution in [3.63, 3.8) is 0 Å². The van der Waals surface area contributed by atoms with Gasteiger partial charge in [0.05, 0.1) is 17.8 Å². The first-order valence-corrected chi connectivity index (χ1v) is 12.8. The van der Waals surface area contributed by atoms with Gasteiger partial charge in [0.1, 0.15) is 6.67 Å².